The third kappa shape index (κ3) is 3.46. The smallest absolute Gasteiger partial charge is 0.269 e. The van der Waals surface area contributed by atoms with Gasteiger partial charge in [0.2, 0.25) is 0 Å². The molecule has 1 N–H and O–H groups in total. The summed E-state index contributed by atoms with van der Waals surface area (Å²) in [5, 5.41) is 2.53. The van der Waals surface area contributed by atoms with E-state index < -0.39 is 15.9 Å². The van der Waals surface area contributed by atoms with Crippen molar-refractivity contribution in [3.05, 3.63) is 65.7 Å². The van der Waals surface area contributed by atoms with Gasteiger partial charge in [-0.3, -0.25) is 9.78 Å². The average molecular weight is 344 g/mol. The van der Waals surface area contributed by atoms with Crippen molar-refractivity contribution in [3.63, 3.8) is 0 Å². The van der Waals surface area contributed by atoms with Crippen LogP contribution in [0.15, 0.2) is 64.3 Å². The maximum atomic E-state index is 12.0. The number of sulfonamides is 1. The summed E-state index contributed by atoms with van der Waals surface area (Å²) in [6.45, 7) is 0. The Morgan fingerprint density at radius 2 is 1.96 bits per heavy atom. The van der Waals surface area contributed by atoms with Gasteiger partial charge in [-0.05, 0) is 35.2 Å². The third-order valence-corrected chi connectivity index (χ3v) is 5.84. The topological polar surface area (TPSA) is 76.1 Å². The Balaban J connectivity index is 1.81. The Hall–Kier alpha value is -2.51. The monoisotopic (exact) mass is 344 g/mol. The molecular formula is C16H12N2O3S2. The first kappa shape index (κ1) is 15.4. The van der Waals surface area contributed by atoms with Gasteiger partial charge in [0.05, 0.1) is 5.52 Å². The molecule has 0 radical (unpaired) electrons. The van der Waals surface area contributed by atoms with Crippen LogP contribution in [0.1, 0.15) is 5.56 Å². The fourth-order valence-electron chi connectivity index (χ4n) is 2.06. The normalized spacial score (nSPS) is 11.8. The van der Waals surface area contributed by atoms with Crippen LogP contribution in [-0.4, -0.2) is 19.3 Å². The van der Waals surface area contributed by atoms with Gasteiger partial charge in [-0.2, -0.15) is 0 Å². The average Bonchev–Trinajstić information content (AvgIpc) is 3.08. The molecule has 1 amide bonds. The van der Waals surface area contributed by atoms with E-state index in [2.05, 4.69) is 4.98 Å². The second-order valence-corrected chi connectivity index (χ2v) is 7.51. The van der Waals surface area contributed by atoms with Crippen LogP contribution in [-0.2, 0) is 14.8 Å². The molecule has 5 nitrogen and oxygen atoms in total. The predicted octanol–water partition coefficient (Wildman–Crippen LogP) is 2.81. The van der Waals surface area contributed by atoms with Crippen molar-refractivity contribution in [2.24, 2.45) is 0 Å². The quantitative estimate of drug-likeness (QED) is 0.739. The molecule has 0 aliphatic carbocycles. The van der Waals surface area contributed by atoms with Gasteiger partial charge >= 0.3 is 0 Å². The second kappa shape index (κ2) is 6.31. The molecule has 0 saturated heterocycles. The number of benzene rings is 1. The number of fused-ring (bicyclic) bond motifs is 1. The fourth-order valence-corrected chi connectivity index (χ4v) is 4.00. The van der Waals surface area contributed by atoms with Gasteiger partial charge in [-0.15, -0.1) is 11.3 Å². The Labute approximate surface area is 137 Å². The van der Waals surface area contributed by atoms with Gasteiger partial charge in [0.25, 0.3) is 15.9 Å². The number of amides is 1. The van der Waals surface area contributed by atoms with Crippen molar-refractivity contribution in [3.8, 4) is 0 Å². The molecule has 0 unspecified atom stereocenters. The van der Waals surface area contributed by atoms with Crippen molar-refractivity contribution < 1.29 is 13.2 Å². The molecule has 0 fully saturated rings. The molecule has 0 aliphatic heterocycles. The van der Waals surface area contributed by atoms with Crippen LogP contribution in [0, 0.1) is 0 Å². The standard InChI is InChI=1S/C16H12N2O3S2/c19-15(18-23(20,21)16-6-3-11-22-16)8-7-12-9-10-17-14-5-2-1-4-13(12)14/h1-11H,(H,18,19)/b8-7+. The number of hydrogen-bond acceptors (Lipinski definition) is 5. The summed E-state index contributed by atoms with van der Waals surface area (Å²) >= 11 is 1.05. The number of rotatable bonds is 4. The molecule has 0 spiro atoms. The number of carbonyl (C=O) groups excluding carboxylic acids is 1. The molecule has 0 atom stereocenters. The SMILES string of the molecule is O=C(/C=C/c1ccnc2ccccc12)NS(=O)(=O)c1cccs1. The van der Waals surface area contributed by atoms with Crippen molar-refractivity contribution in [1.29, 1.82) is 0 Å². The highest BCUT2D eigenvalue weighted by Crippen LogP contribution is 2.18. The number of nitrogens with one attached hydrogen (secondary N) is 1. The van der Waals surface area contributed by atoms with E-state index in [1.165, 1.54) is 12.1 Å². The number of hydrogen-bond donors (Lipinski definition) is 1. The van der Waals surface area contributed by atoms with Crippen LogP contribution < -0.4 is 4.72 Å². The number of nitrogens with zero attached hydrogens (tertiary/aromatic N) is 1. The number of carbonyl (C=O) groups is 1. The van der Waals surface area contributed by atoms with Gasteiger partial charge in [0, 0.05) is 17.7 Å². The Morgan fingerprint density at radius 1 is 1.13 bits per heavy atom. The molecule has 2 aromatic heterocycles. The first-order chi connectivity index (χ1) is 11.1. The molecule has 0 bridgehead atoms. The van der Waals surface area contributed by atoms with Gasteiger partial charge in [-0.1, -0.05) is 24.3 Å². The molecule has 3 aromatic rings. The maximum Gasteiger partial charge on any atom is 0.273 e. The molecule has 23 heavy (non-hydrogen) atoms. The van der Waals surface area contributed by atoms with E-state index >= 15 is 0 Å². The predicted molar refractivity (Wildman–Crippen MR) is 90.4 cm³/mol. The van der Waals surface area contributed by atoms with Gasteiger partial charge in [0.1, 0.15) is 4.21 Å². The molecule has 7 heteroatoms. The lowest BCUT2D eigenvalue weighted by molar-refractivity contribution is -0.114. The third-order valence-electron chi connectivity index (χ3n) is 3.09. The van der Waals surface area contributed by atoms with Gasteiger partial charge in [0.15, 0.2) is 0 Å². The minimum Gasteiger partial charge on any atom is -0.269 e. The van der Waals surface area contributed by atoms with E-state index in [1.807, 2.05) is 29.0 Å². The number of thiophene rings is 1. The lowest BCUT2D eigenvalue weighted by Gasteiger charge is -2.02. The number of pyridine rings is 1. The minimum atomic E-state index is -3.81. The molecular weight excluding hydrogens is 332 g/mol. The molecule has 2 heterocycles. The summed E-state index contributed by atoms with van der Waals surface area (Å²) in [6.07, 6.45) is 4.42. The van der Waals surface area contributed by atoms with E-state index in [0.717, 1.165) is 27.8 Å². The molecule has 0 saturated carbocycles. The number of para-hydroxylation sites is 1. The van der Waals surface area contributed by atoms with E-state index in [0.29, 0.717) is 0 Å². The zero-order valence-electron chi connectivity index (χ0n) is 11.8. The summed E-state index contributed by atoms with van der Waals surface area (Å²) in [5.74, 6) is -0.695. The van der Waals surface area contributed by atoms with E-state index in [-0.39, 0.29) is 4.21 Å². The summed E-state index contributed by atoms with van der Waals surface area (Å²) < 4.78 is 26.0. The molecule has 1 aromatic carbocycles. The van der Waals surface area contributed by atoms with Gasteiger partial charge < -0.3 is 0 Å². The Morgan fingerprint density at radius 3 is 2.74 bits per heavy atom. The Kier molecular flexibility index (Phi) is 4.22. The van der Waals surface area contributed by atoms with Crippen LogP contribution in [0.4, 0.5) is 0 Å². The maximum absolute atomic E-state index is 12.0. The molecule has 3 rings (SSSR count). The van der Waals surface area contributed by atoms with Crippen molar-refractivity contribution >= 4 is 44.2 Å². The Bertz CT molecular complexity index is 972. The highest BCUT2D eigenvalue weighted by atomic mass is 32.2. The summed E-state index contributed by atoms with van der Waals surface area (Å²) in [4.78, 5) is 16.1. The largest absolute Gasteiger partial charge is 0.273 e. The molecule has 116 valence electrons. The molecule has 0 aliphatic rings. The van der Waals surface area contributed by atoms with Crippen molar-refractivity contribution in [2.75, 3.05) is 0 Å². The van der Waals surface area contributed by atoms with E-state index in [1.54, 1.807) is 29.8 Å². The van der Waals surface area contributed by atoms with Crippen LogP contribution in [0.25, 0.3) is 17.0 Å². The lowest BCUT2D eigenvalue weighted by Crippen LogP contribution is -2.28. The van der Waals surface area contributed by atoms with Crippen LogP contribution >= 0.6 is 11.3 Å². The zero-order valence-corrected chi connectivity index (χ0v) is 13.5. The minimum absolute atomic E-state index is 0.105. The second-order valence-electron chi connectivity index (χ2n) is 4.65. The highest BCUT2D eigenvalue weighted by Gasteiger charge is 2.16. The highest BCUT2D eigenvalue weighted by molar-refractivity contribution is 7.92. The fraction of sp³-hybridized carbons (Fsp3) is 0. The zero-order chi connectivity index (χ0) is 16.3. The first-order valence-corrected chi connectivity index (χ1v) is 9.05. The van der Waals surface area contributed by atoms with E-state index in [9.17, 15) is 13.2 Å². The van der Waals surface area contributed by atoms with Crippen molar-refractivity contribution in [2.45, 2.75) is 4.21 Å². The summed E-state index contributed by atoms with van der Waals surface area (Å²) in [5.41, 5.74) is 1.60. The summed E-state index contributed by atoms with van der Waals surface area (Å²) in [7, 11) is -3.81. The van der Waals surface area contributed by atoms with Crippen LogP contribution in [0.3, 0.4) is 0 Å². The van der Waals surface area contributed by atoms with Gasteiger partial charge in [-0.25, -0.2) is 13.1 Å². The van der Waals surface area contributed by atoms with E-state index in [4.69, 9.17) is 0 Å². The first-order valence-electron chi connectivity index (χ1n) is 6.68. The van der Waals surface area contributed by atoms with Crippen LogP contribution in [0.2, 0.25) is 0 Å². The summed E-state index contributed by atoms with van der Waals surface area (Å²) in [6, 6.07) is 12.3. The number of aromatic nitrogens is 1. The van der Waals surface area contributed by atoms with Crippen LogP contribution in [0.5, 0.6) is 0 Å². The van der Waals surface area contributed by atoms with Crippen molar-refractivity contribution in [1.82, 2.24) is 9.71 Å². The lowest BCUT2D eigenvalue weighted by atomic mass is 10.1.